The first-order chi connectivity index (χ1) is 7.83. The van der Waals surface area contributed by atoms with Crippen LogP contribution in [0.3, 0.4) is 0 Å². The Morgan fingerprint density at radius 3 is 2.69 bits per heavy atom. The van der Waals surface area contributed by atoms with Gasteiger partial charge in [0.2, 0.25) is 0 Å². The average Bonchev–Trinajstić information content (AvgIpc) is 2.91. The lowest BCUT2D eigenvalue weighted by molar-refractivity contribution is 0.368. The average molecular weight is 237 g/mol. The van der Waals surface area contributed by atoms with E-state index in [2.05, 4.69) is 29.9 Å². The Hall–Kier alpha value is -0.340. The summed E-state index contributed by atoms with van der Waals surface area (Å²) in [6.07, 6.45) is 6.91. The minimum atomic E-state index is 0.619. The van der Waals surface area contributed by atoms with Gasteiger partial charge in [-0.1, -0.05) is 19.8 Å². The van der Waals surface area contributed by atoms with E-state index in [0.29, 0.717) is 6.04 Å². The van der Waals surface area contributed by atoms with E-state index in [-0.39, 0.29) is 0 Å². The third kappa shape index (κ3) is 2.67. The van der Waals surface area contributed by atoms with Crippen molar-refractivity contribution in [3.63, 3.8) is 0 Å². The second-order valence-electron chi connectivity index (χ2n) is 4.99. The van der Waals surface area contributed by atoms with Crippen LogP contribution in [0, 0.1) is 12.8 Å². The van der Waals surface area contributed by atoms with Crippen molar-refractivity contribution < 1.29 is 0 Å². The molecule has 2 heteroatoms. The van der Waals surface area contributed by atoms with Gasteiger partial charge in [-0.3, -0.25) is 0 Å². The van der Waals surface area contributed by atoms with Crippen molar-refractivity contribution >= 4 is 11.3 Å². The second-order valence-corrected chi connectivity index (χ2v) is 5.73. The number of nitrogens with one attached hydrogen (secondary N) is 1. The zero-order valence-electron chi connectivity index (χ0n) is 10.5. The van der Waals surface area contributed by atoms with E-state index < -0.39 is 0 Å². The Morgan fingerprint density at radius 1 is 1.38 bits per heavy atom. The molecule has 1 aromatic heterocycles. The summed E-state index contributed by atoms with van der Waals surface area (Å²) in [6.45, 7) is 5.65. The molecule has 1 saturated carbocycles. The van der Waals surface area contributed by atoms with Crippen LogP contribution in [0.5, 0.6) is 0 Å². The van der Waals surface area contributed by atoms with E-state index in [4.69, 9.17) is 0 Å². The smallest absolute Gasteiger partial charge is 0.0359 e. The van der Waals surface area contributed by atoms with Crippen LogP contribution in [0.4, 0.5) is 0 Å². The molecule has 1 nitrogen and oxygen atoms in total. The molecule has 1 aliphatic rings. The van der Waals surface area contributed by atoms with Gasteiger partial charge in [-0.15, -0.1) is 0 Å². The van der Waals surface area contributed by atoms with Crippen molar-refractivity contribution in [3.05, 3.63) is 21.9 Å². The molecule has 90 valence electrons. The summed E-state index contributed by atoms with van der Waals surface area (Å²) in [5.74, 6) is 0.875. The zero-order chi connectivity index (χ0) is 11.4. The topological polar surface area (TPSA) is 12.0 Å². The Morgan fingerprint density at radius 2 is 2.12 bits per heavy atom. The quantitative estimate of drug-likeness (QED) is 0.805. The fourth-order valence-corrected chi connectivity index (χ4v) is 3.70. The summed E-state index contributed by atoms with van der Waals surface area (Å²) in [7, 11) is 0. The van der Waals surface area contributed by atoms with Crippen LogP contribution in [0.1, 0.15) is 56.2 Å². The molecule has 0 aliphatic heterocycles. The first-order valence-corrected chi connectivity index (χ1v) is 7.53. The fourth-order valence-electron chi connectivity index (χ4n) is 2.81. The molecule has 0 aromatic carbocycles. The first-order valence-electron chi connectivity index (χ1n) is 6.59. The standard InChI is InChI=1S/C14H23NS/c1-3-8-15-14(12-6-4-5-7-12)13-10-16-9-11(13)2/h9-10,12,14-15H,3-8H2,1-2H3. The lowest BCUT2D eigenvalue weighted by Gasteiger charge is -2.25. The highest BCUT2D eigenvalue weighted by Gasteiger charge is 2.26. The maximum Gasteiger partial charge on any atom is 0.0359 e. The minimum Gasteiger partial charge on any atom is -0.310 e. The number of aryl methyl sites for hydroxylation is 1. The van der Waals surface area contributed by atoms with E-state index in [1.165, 1.54) is 37.7 Å². The molecule has 0 spiro atoms. The number of thiophene rings is 1. The number of rotatable bonds is 5. The lowest BCUT2D eigenvalue weighted by atomic mass is 9.91. The predicted octanol–water partition coefficient (Wildman–Crippen LogP) is 4.29. The third-order valence-electron chi connectivity index (χ3n) is 3.72. The van der Waals surface area contributed by atoms with Crippen molar-refractivity contribution in [2.24, 2.45) is 5.92 Å². The normalized spacial score (nSPS) is 19.1. The molecule has 1 aliphatic carbocycles. The molecule has 1 heterocycles. The van der Waals surface area contributed by atoms with Gasteiger partial charge in [0.1, 0.15) is 0 Å². The van der Waals surface area contributed by atoms with Crippen molar-refractivity contribution in [3.8, 4) is 0 Å². The zero-order valence-corrected chi connectivity index (χ0v) is 11.3. The fraction of sp³-hybridized carbons (Fsp3) is 0.714. The molecule has 16 heavy (non-hydrogen) atoms. The van der Waals surface area contributed by atoms with E-state index >= 15 is 0 Å². The van der Waals surface area contributed by atoms with E-state index in [9.17, 15) is 0 Å². The Balaban J connectivity index is 2.10. The highest BCUT2D eigenvalue weighted by Crippen LogP contribution is 2.37. The van der Waals surface area contributed by atoms with Crippen LogP contribution >= 0.6 is 11.3 Å². The van der Waals surface area contributed by atoms with Gasteiger partial charge in [-0.05, 0) is 60.5 Å². The van der Waals surface area contributed by atoms with Crippen LogP contribution in [0.2, 0.25) is 0 Å². The molecule has 0 bridgehead atoms. The van der Waals surface area contributed by atoms with Gasteiger partial charge in [-0.2, -0.15) is 11.3 Å². The molecule has 0 radical (unpaired) electrons. The first kappa shape index (κ1) is 12.1. The monoisotopic (exact) mass is 237 g/mol. The molecule has 1 unspecified atom stereocenters. The molecular weight excluding hydrogens is 214 g/mol. The van der Waals surface area contributed by atoms with E-state index in [1.54, 1.807) is 5.56 Å². The number of hydrogen-bond acceptors (Lipinski definition) is 2. The van der Waals surface area contributed by atoms with Crippen molar-refractivity contribution in [2.45, 2.75) is 52.0 Å². The molecule has 1 aromatic rings. The van der Waals surface area contributed by atoms with Crippen LogP contribution in [0.25, 0.3) is 0 Å². The second kappa shape index (κ2) is 5.83. The molecule has 1 N–H and O–H groups in total. The summed E-state index contributed by atoms with van der Waals surface area (Å²) in [5.41, 5.74) is 3.04. The maximum atomic E-state index is 3.76. The minimum absolute atomic E-state index is 0.619. The Kier molecular flexibility index (Phi) is 4.42. The molecule has 0 amide bonds. The maximum absolute atomic E-state index is 3.76. The third-order valence-corrected chi connectivity index (χ3v) is 4.60. The summed E-state index contributed by atoms with van der Waals surface area (Å²) < 4.78 is 0. The summed E-state index contributed by atoms with van der Waals surface area (Å²) in [4.78, 5) is 0. The van der Waals surface area contributed by atoms with Crippen LogP contribution in [-0.4, -0.2) is 6.54 Å². The van der Waals surface area contributed by atoms with Crippen molar-refractivity contribution in [1.82, 2.24) is 5.32 Å². The van der Waals surface area contributed by atoms with Crippen LogP contribution in [-0.2, 0) is 0 Å². The number of hydrogen-bond donors (Lipinski definition) is 1. The molecule has 1 fully saturated rings. The summed E-state index contributed by atoms with van der Waals surface area (Å²) >= 11 is 1.85. The molecular formula is C14H23NS. The highest BCUT2D eigenvalue weighted by atomic mass is 32.1. The lowest BCUT2D eigenvalue weighted by Crippen LogP contribution is -2.28. The van der Waals surface area contributed by atoms with Crippen LogP contribution in [0.15, 0.2) is 10.8 Å². The van der Waals surface area contributed by atoms with Crippen molar-refractivity contribution in [2.75, 3.05) is 6.54 Å². The Bertz CT molecular complexity index is 312. The largest absolute Gasteiger partial charge is 0.310 e. The summed E-state index contributed by atoms with van der Waals surface area (Å²) in [6, 6.07) is 0.619. The van der Waals surface area contributed by atoms with Gasteiger partial charge in [0.15, 0.2) is 0 Å². The SMILES string of the molecule is CCCNC(c1cscc1C)C1CCCC1. The van der Waals surface area contributed by atoms with Gasteiger partial charge in [0.05, 0.1) is 0 Å². The Labute approximate surface area is 103 Å². The van der Waals surface area contributed by atoms with Gasteiger partial charge in [0, 0.05) is 6.04 Å². The summed E-state index contributed by atoms with van der Waals surface area (Å²) in [5, 5.41) is 8.39. The van der Waals surface area contributed by atoms with E-state index in [0.717, 1.165) is 12.5 Å². The van der Waals surface area contributed by atoms with Gasteiger partial charge < -0.3 is 5.32 Å². The van der Waals surface area contributed by atoms with Gasteiger partial charge in [-0.25, -0.2) is 0 Å². The predicted molar refractivity (Wildman–Crippen MR) is 72.0 cm³/mol. The van der Waals surface area contributed by atoms with Crippen LogP contribution < -0.4 is 5.32 Å². The van der Waals surface area contributed by atoms with Gasteiger partial charge >= 0.3 is 0 Å². The van der Waals surface area contributed by atoms with E-state index in [1.807, 2.05) is 11.3 Å². The molecule has 0 saturated heterocycles. The molecule has 2 rings (SSSR count). The molecule has 1 atom stereocenters. The highest BCUT2D eigenvalue weighted by molar-refractivity contribution is 7.08. The van der Waals surface area contributed by atoms with Crippen molar-refractivity contribution in [1.29, 1.82) is 0 Å². The van der Waals surface area contributed by atoms with Gasteiger partial charge in [0.25, 0.3) is 0 Å².